The van der Waals surface area contributed by atoms with Gasteiger partial charge < -0.3 is 21.5 Å². The molecule has 10 heteroatoms. The van der Waals surface area contributed by atoms with E-state index in [2.05, 4.69) is 20.2 Å². The molecule has 0 saturated carbocycles. The number of nitrogens with zero attached hydrogens (tertiary/aromatic N) is 4. The summed E-state index contributed by atoms with van der Waals surface area (Å²) in [5.41, 5.74) is 12.3. The Morgan fingerprint density at radius 3 is 3.08 bits per heavy atom. The molecule has 2 aliphatic heterocycles. The Kier molecular flexibility index (Phi) is 5.31. The molecule has 2 unspecified atom stereocenters. The fourth-order valence-corrected chi connectivity index (χ4v) is 3.49. The van der Waals surface area contributed by atoms with Crippen LogP contribution in [0.15, 0.2) is 28.1 Å². The first-order valence-electron chi connectivity index (χ1n) is 7.83. The second-order valence-corrected chi connectivity index (χ2v) is 6.91. The van der Waals surface area contributed by atoms with Crippen LogP contribution in [0.2, 0.25) is 0 Å². The molecule has 1 aromatic rings. The number of amidine groups is 1. The number of thiazole rings is 1. The number of rotatable bonds is 5. The van der Waals surface area contributed by atoms with E-state index in [9.17, 15) is 0 Å². The van der Waals surface area contributed by atoms with Crippen molar-refractivity contribution in [2.24, 2.45) is 22.3 Å². The van der Waals surface area contributed by atoms with Gasteiger partial charge in [-0.15, -0.1) is 11.3 Å². The lowest BCUT2D eigenvalue weighted by molar-refractivity contribution is -0.0495. The summed E-state index contributed by atoms with van der Waals surface area (Å²) < 4.78 is 5.85. The Hall–Kier alpha value is -1.72. The van der Waals surface area contributed by atoms with Crippen molar-refractivity contribution in [2.75, 3.05) is 26.2 Å². The first kappa shape index (κ1) is 17.1. The van der Waals surface area contributed by atoms with E-state index in [1.165, 1.54) is 0 Å². The van der Waals surface area contributed by atoms with Crippen LogP contribution < -0.4 is 22.6 Å². The van der Waals surface area contributed by atoms with E-state index in [1.807, 2.05) is 18.5 Å². The lowest BCUT2D eigenvalue weighted by Crippen LogP contribution is -2.54. The minimum Gasteiger partial charge on any atom is -0.396 e. The highest BCUT2D eigenvalue weighted by molar-refractivity contribution is 7.09. The molecule has 1 aromatic heterocycles. The number of hydrogen-bond acceptors (Lipinski definition) is 10. The monoisotopic (exact) mass is 352 g/mol. The van der Waals surface area contributed by atoms with Gasteiger partial charge in [-0.25, -0.2) is 15.0 Å². The number of hydrazine groups is 1. The van der Waals surface area contributed by atoms with Gasteiger partial charge in [0.2, 0.25) is 0 Å². The van der Waals surface area contributed by atoms with Crippen molar-refractivity contribution in [2.45, 2.75) is 25.7 Å². The summed E-state index contributed by atoms with van der Waals surface area (Å²) in [6, 6.07) is 0. The molecule has 0 radical (unpaired) electrons. The normalized spacial score (nSPS) is 25.7. The summed E-state index contributed by atoms with van der Waals surface area (Å²) >= 11 is 1.67. The molecule has 24 heavy (non-hydrogen) atoms. The number of aliphatic imine (C=N–C) groups is 1. The predicted molar refractivity (Wildman–Crippen MR) is 93.5 cm³/mol. The molecule has 3 rings (SSSR count). The molecule has 0 spiro atoms. The van der Waals surface area contributed by atoms with Crippen molar-refractivity contribution in [1.29, 1.82) is 0 Å². The van der Waals surface area contributed by atoms with Gasteiger partial charge in [0.05, 0.1) is 25.0 Å². The van der Waals surface area contributed by atoms with Crippen LogP contribution in [0, 0.1) is 0 Å². The van der Waals surface area contributed by atoms with Gasteiger partial charge in [0.1, 0.15) is 16.7 Å². The van der Waals surface area contributed by atoms with E-state index in [4.69, 9.17) is 22.0 Å². The third-order valence-corrected chi connectivity index (χ3v) is 4.78. The van der Waals surface area contributed by atoms with Crippen LogP contribution >= 0.6 is 11.3 Å². The van der Waals surface area contributed by atoms with Gasteiger partial charge in [0.25, 0.3) is 0 Å². The number of aromatic nitrogens is 1. The maximum Gasteiger partial charge on any atom is 0.160 e. The van der Waals surface area contributed by atoms with Crippen LogP contribution in [-0.4, -0.2) is 59.2 Å². The number of nitrogens with one attached hydrogen (secondary N) is 1. The van der Waals surface area contributed by atoms with E-state index in [0.717, 1.165) is 24.6 Å². The Balaban J connectivity index is 1.57. The minimum absolute atomic E-state index is 0.0110. The molecule has 1 fully saturated rings. The topological polar surface area (TPSA) is 131 Å². The summed E-state index contributed by atoms with van der Waals surface area (Å²) in [5.74, 6) is 7.29. The number of ether oxygens (including phenoxy) is 1. The SMILES string of the molecule is CC1=NC(N(N)CC2CN(Cc3nccs3)CCO2)C(N)=C(N)N1. The van der Waals surface area contributed by atoms with Crippen LogP contribution in [0.1, 0.15) is 11.9 Å². The number of nitrogens with two attached hydrogens (primary N) is 3. The second kappa shape index (κ2) is 7.45. The average Bonchev–Trinajstić information content (AvgIpc) is 3.04. The fourth-order valence-electron chi connectivity index (χ4n) is 2.84. The number of hydrogen-bond donors (Lipinski definition) is 4. The van der Waals surface area contributed by atoms with Gasteiger partial charge in [-0.2, -0.15) is 0 Å². The number of morpholine rings is 1. The molecule has 0 amide bonds. The van der Waals surface area contributed by atoms with Crippen molar-refractivity contribution in [3.05, 3.63) is 28.1 Å². The maximum absolute atomic E-state index is 6.20. The molecular weight excluding hydrogens is 328 g/mol. The van der Waals surface area contributed by atoms with Gasteiger partial charge in [-0.1, -0.05) is 0 Å². The van der Waals surface area contributed by atoms with Gasteiger partial charge in [0.15, 0.2) is 6.17 Å². The molecule has 9 nitrogen and oxygen atoms in total. The Labute approximate surface area is 145 Å². The van der Waals surface area contributed by atoms with Crippen LogP contribution in [0.4, 0.5) is 0 Å². The van der Waals surface area contributed by atoms with Crippen molar-refractivity contribution < 1.29 is 4.74 Å². The summed E-state index contributed by atoms with van der Waals surface area (Å²) in [6.45, 7) is 5.53. The molecule has 2 atom stereocenters. The average molecular weight is 352 g/mol. The third kappa shape index (κ3) is 4.02. The minimum atomic E-state index is -0.468. The van der Waals surface area contributed by atoms with Crippen LogP contribution in [0.3, 0.4) is 0 Å². The Morgan fingerprint density at radius 2 is 2.33 bits per heavy atom. The highest BCUT2D eigenvalue weighted by Crippen LogP contribution is 2.15. The second-order valence-electron chi connectivity index (χ2n) is 5.93. The van der Waals surface area contributed by atoms with Crippen LogP contribution in [0.5, 0.6) is 0 Å². The standard InChI is InChI=1S/C14H24N8OS/c1-9-19-13(16)12(15)14(20-9)22(17)7-10-6-21(3-4-23-10)8-11-18-2-5-24-11/h2,5,10,14H,3-4,6-8,15-17H2,1H3,(H,19,20). The van der Waals surface area contributed by atoms with Crippen molar-refractivity contribution >= 4 is 17.2 Å². The molecule has 7 N–H and O–H groups in total. The smallest absolute Gasteiger partial charge is 0.160 e. The lowest BCUT2D eigenvalue weighted by atomic mass is 10.2. The predicted octanol–water partition coefficient (Wildman–Crippen LogP) is -1.05. The summed E-state index contributed by atoms with van der Waals surface area (Å²) in [4.78, 5) is 11.1. The van der Waals surface area contributed by atoms with Crippen LogP contribution in [-0.2, 0) is 11.3 Å². The van der Waals surface area contributed by atoms with Gasteiger partial charge in [0, 0.05) is 31.2 Å². The largest absolute Gasteiger partial charge is 0.396 e. The highest BCUT2D eigenvalue weighted by Gasteiger charge is 2.28. The Bertz CT molecular complexity index is 616. The summed E-state index contributed by atoms with van der Waals surface area (Å²) in [5, 5.41) is 7.59. The van der Waals surface area contributed by atoms with Crippen LogP contribution in [0.25, 0.3) is 0 Å². The molecule has 3 heterocycles. The zero-order valence-corrected chi connectivity index (χ0v) is 14.5. The summed E-state index contributed by atoms with van der Waals surface area (Å²) in [7, 11) is 0. The van der Waals surface area contributed by atoms with E-state index in [0.29, 0.717) is 30.5 Å². The molecule has 0 aliphatic carbocycles. The first-order chi connectivity index (χ1) is 11.5. The van der Waals surface area contributed by atoms with Gasteiger partial charge in [-0.05, 0) is 6.92 Å². The highest BCUT2D eigenvalue weighted by atomic mass is 32.1. The lowest BCUT2D eigenvalue weighted by Gasteiger charge is -2.36. The van der Waals surface area contributed by atoms with Crippen molar-refractivity contribution in [1.82, 2.24) is 20.2 Å². The molecular formula is C14H24N8OS. The molecule has 0 bridgehead atoms. The third-order valence-electron chi connectivity index (χ3n) is 4.01. The maximum atomic E-state index is 6.20. The quantitative estimate of drug-likeness (QED) is 0.390. The van der Waals surface area contributed by atoms with E-state index < -0.39 is 6.17 Å². The fraction of sp³-hybridized carbons (Fsp3) is 0.571. The summed E-state index contributed by atoms with van der Waals surface area (Å²) in [6.07, 6.45) is 1.35. The molecule has 2 aliphatic rings. The zero-order chi connectivity index (χ0) is 17.1. The van der Waals surface area contributed by atoms with E-state index in [1.54, 1.807) is 16.3 Å². The molecule has 0 aromatic carbocycles. The molecule has 132 valence electrons. The van der Waals surface area contributed by atoms with Crippen molar-refractivity contribution in [3.63, 3.8) is 0 Å². The van der Waals surface area contributed by atoms with E-state index in [-0.39, 0.29) is 6.10 Å². The first-order valence-corrected chi connectivity index (χ1v) is 8.71. The van der Waals surface area contributed by atoms with Gasteiger partial charge in [-0.3, -0.25) is 10.7 Å². The van der Waals surface area contributed by atoms with E-state index >= 15 is 0 Å². The Morgan fingerprint density at radius 1 is 1.50 bits per heavy atom. The van der Waals surface area contributed by atoms with Gasteiger partial charge >= 0.3 is 0 Å². The van der Waals surface area contributed by atoms with Crippen molar-refractivity contribution in [3.8, 4) is 0 Å². The molecule has 1 saturated heterocycles. The zero-order valence-electron chi connectivity index (χ0n) is 13.7.